The van der Waals surface area contributed by atoms with Crippen LogP contribution in [-0.2, 0) is 0 Å². The Bertz CT molecular complexity index is 1110. The molecular formula is C21H16FN3O4. The Morgan fingerprint density at radius 1 is 0.931 bits per heavy atom. The lowest BCUT2D eigenvalue weighted by Gasteiger charge is -2.12. The van der Waals surface area contributed by atoms with Crippen molar-refractivity contribution in [2.24, 2.45) is 0 Å². The first kappa shape index (κ1) is 19.7. The third-order valence-electron chi connectivity index (χ3n) is 4.10. The second-order valence-electron chi connectivity index (χ2n) is 6.25. The first-order valence-electron chi connectivity index (χ1n) is 8.57. The topological polar surface area (TPSA) is 101 Å². The summed E-state index contributed by atoms with van der Waals surface area (Å²) in [5.41, 5.74) is 1.09. The van der Waals surface area contributed by atoms with Gasteiger partial charge in [-0.15, -0.1) is 0 Å². The van der Waals surface area contributed by atoms with Gasteiger partial charge >= 0.3 is 5.69 Å². The number of amides is 2. The van der Waals surface area contributed by atoms with E-state index in [-0.39, 0.29) is 22.8 Å². The summed E-state index contributed by atoms with van der Waals surface area (Å²) in [5.74, 6) is -1.99. The molecule has 29 heavy (non-hydrogen) atoms. The van der Waals surface area contributed by atoms with Crippen LogP contribution < -0.4 is 10.6 Å². The molecule has 2 N–H and O–H groups in total. The van der Waals surface area contributed by atoms with Gasteiger partial charge in [0, 0.05) is 17.3 Å². The maximum absolute atomic E-state index is 13.5. The van der Waals surface area contributed by atoms with Crippen LogP contribution in [0.4, 0.5) is 21.5 Å². The number of hydrogen-bond donors (Lipinski definition) is 2. The van der Waals surface area contributed by atoms with Crippen LogP contribution in [0.5, 0.6) is 0 Å². The Morgan fingerprint density at radius 2 is 1.69 bits per heavy atom. The van der Waals surface area contributed by atoms with Crippen molar-refractivity contribution in [3.63, 3.8) is 0 Å². The molecule has 2 amide bonds. The van der Waals surface area contributed by atoms with E-state index in [4.69, 9.17) is 0 Å². The number of aryl methyl sites for hydroxylation is 1. The Kier molecular flexibility index (Phi) is 5.64. The molecule has 0 radical (unpaired) electrons. The molecule has 0 fully saturated rings. The van der Waals surface area contributed by atoms with E-state index in [9.17, 15) is 24.1 Å². The van der Waals surface area contributed by atoms with Gasteiger partial charge in [-0.1, -0.05) is 29.8 Å². The molecule has 0 aromatic heterocycles. The number of rotatable bonds is 5. The SMILES string of the molecule is Cc1cccc(C(=O)Nc2ccccc2C(=O)Nc2ccc(F)c([N+](=O)[O-])c2)c1. The van der Waals surface area contributed by atoms with E-state index in [0.29, 0.717) is 5.56 Å². The number of carbonyl (C=O) groups excluding carboxylic acids is 2. The van der Waals surface area contributed by atoms with Gasteiger partial charge in [-0.05, 0) is 43.3 Å². The fraction of sp³-hybridized carbons (Fsp3) is 0.0476. The number of para-hydroxylation sites is 1. The van der Waals surface area contributed by atoms with Crippen LogP contribution in [0, 0.1) is 22.9 Å². The van der Waals surface area contributed by atoms with Gasteiger partial charge < -0.3 is 10.6 Å². The number of nitrogens with zero attached hydrogens (tertiary/aromatic N) is 1. The summed E-state index contributed by atoms with van der Waals surface area (Å²) < 4.78 is 13.5. The standard InChI is InChI=1S/C21H16FN3O4/c1-13-5-4-6-14(11-13)20(26)24-18-8-3-2-7-16(18)21(27)23-15-9-10-17(22)19(12-15)25(28)29/h2-12H,1H3,(H,23,27)(H,24,26). The number of hydrogen-bond acceptors (Lipinski definition) is 4. The number of benzene rings is 3. The summed E-state index contributed by atoms with van der Waals surface area (Å²) >= 11 is 0. The fourth-order valence-electron chi connectivity index (χ4n) is 2.70. The minimum atomic E-state index is -1.00. The van der Waals surface area contributed by atoms with Crippen LogP contribution in [0.1, 0.15) is 26.3 Å². The molecule has 0 unspecified atom stereocenters. The molecule has 7 nitrogen and oxygen atoms in total. The summed E-state index contributed by atoms with van der Waals surface area (Å²) in [6.45, 7) is 1.86. The lowest BCUT2D eigenvalue weighted by Crippen LogP contribution is -2.18. The van der Waals surface area contributed by atoms with E-state index in [0.717, 1.165) is 17.7 Å². The van der Waals surface area contributed by atoms with Crippen molar-refractivity contribution in [2.45, 2.75) is 6.92 Å². The second-order valence-corrected chi connectivity index (χ2v) is 6.25. The van der Waals surface area contributed by atoms with Crippen molar-refractivity contribution in [3.8, 4) is 0 Å². The number of nitro groups is 1. The van der Waals surface area contributed by atoms with Crippen molar-refractivity contribution in [1.82, 2.24) is 0 Å². The van der Waals surface area contributed by atoms with Gasteiger partial charge in [0.1, 0.15) is 0 Å². The molecule has 0 bridgehead atoms. The van der Waals surface area contributed by atoms with Crippen molar-refractivity contribution in [3.05, 3.63) is 99.4 Å². The van der Waals surface area contributed by atoms with Crippen molar-refractivity contribution >= 4 is 28.9 Å². The number of halogens is 1. The molecule has 0 atom stereocenters. The second kappa shape index (κ2) is 8.30. The molecule has 3 aromatic carbocycles. The smallest absolute Gasteiger partial charge is 0.306 e. The van der Waals surface area contributed by atoms with Crippen molar-refractivity contribution in [2.75, 3.05) is 10.6 Å². The molecule has 0 aliphatic heterocycles. The minimum absolute atomic E-state index is 0.0583. The average Bonchev–Trinajstić information content (AvgIpc) is 2.69. The van der Waals surface area contributed by atoms with E-state index in [1.165, 1.54) is 12.1 Å². The fourth-order valence-corrected chi connectivity index (χ4v) is 2.70. The number of nitrogens with one attached hydrogen (secondary N) is 2. The molecule has 146 valence electrons. The quantitative estimate of drug-likeness (QED) is 0.490. The third kappa shape index (κ3) is 4.62. The van der Waals surface area contributed by atoms with Crippen molar-refractivity contribution in [1.29, 1.82) is 0 Å². The summed E-state index contributed by atoms with van der Waals surface area (Å²) in [5, 5.41) is 16.0. The number of nitro benzene ring substituents is 1. The zero-order valence-corrected chi connectivity index (χ0v) is 15.3. The Morgan fingerprint density at radius 3 is 2.41 bits per heavy atom. The lowest BCUT2D eigenvalue weighted by molar-refractivity contribution is -0.387. The molecule has 3 rings (SSSR count). The first-order valence-corrected chi connectivity index (χ1v) is 8.57. The predicted molar refractivity (Wildman–Crippen MR) is 107 cm³/mol. The van der Waals surface area contributed by atoms with Gasteiger partial charge in [-0.3, -0.25) is 19.7 Å². The maximum atomic E-state index is 13.5. The van der Waals surface area contributed by atoms with E-state index >= 15 is 0 Å². The molecule has 0 saturated carbocycles. The van der Waals surface area contributed by atoms with Crippen LogP contribution in [0.3, 0.4) is 0 Å². The van der Waals surface area contributed by atoms with Gasteiger partial charge in [0.15, 0.2) is 0 Å². The third-order valence-corrected chi connectivity index (χ3v) is 4.10. The Balaban J connectivity index is 1.83. The molecular weight excluding hydrogens is 377 g/mol. The minimum Gasteiger partial charge on any atom is -0.322 e. The number of carbonyl (C=O) groups is 2. The van der Waals surface area contributed by atoms with Crippen LogP contribution in [0.15, 0.2) is 66.7 Å². The van der Waals surface area contributed by atoms with Gasteiger partial charge in [-0.25, -0.2) is 0 Å². The van der Waals surface area contributed by atoms with Gasteiger partial charge in [0.05, 0.1) is 16.2 Å². The summed E-state index contributed by atoms with van der Waals surface area (Å²) in [6.07, 6.45) is 0. The van der Waals surface area contributed by atoms with E-state index in [2.05, 4.69) is 10.6 Å². The van der Waals surface area contributed by atoms with Crippen molar-refractivity contribution < 1.29 is 18.9 Å². The first-order chi connectivity index (χ1) is 13.8. The van der Waals surface area contributed by atoms with Crippen LogP contribution >= 0.6 is 0 Å². The van der Waals surface area contributed by atoms with Gasteiger partial charge in [-0.2, -0.15) is 4.39 Å². The number of anilines is 2. The normalized spacial score (nSPS) is 10.3. The maximum Gasteiger partial charge on any atom is 0.306 e. The zero-order chi connectivity index (χ0) is 21.0. The van der Waals surface area contributed by atoms with Crippen LogP contribution in [0.2, 0.25) is 0 Å². The zero-order valence-electron chi connectivity index (χ0n) is 15.3. The largest absolute Gasteiger partial charge is 0.322 e. The molecule has 0 heterocycles. The predicted octanol–water partition coefficient (Wildman–Crippen LogP) is 4.55. The Hall–Kier alpha value is -4.07. The van der Waals surface area contributed by atoms with E-state index < -0.39 is 22.3 Å². The van der Waals surface area contributed by atoms with Crippen LogP contribution in [0.25, 0.3) is 0 Å². The highest BCUT2D eigenvalue weighted by Crippen LogP contribution is 2.23. The molecule has 3 aromatic rings. The highest BCUT2D eigenvalue weighted by atomic mass is 19.1. The summed E-state index contributed by atoms with van der Waals surface area (Å²) in [7, 11) is 0. The van der Waals surface area contributed by atoms with Gasteiger partial charge in [0.2, 0.25) is 5.82 Å². The molecule has 0 saturated heterocycles. The highest BCUT2D eigenvalue weighted by Gasteiger charge is 2.18. The average molecular weight is 393 g/mol. The van der Waals surface area contributed by atoms with Gasteiger partial charge in [0.25, 0.3) is 11.8 Å². The molecule has 8 heteroatoms. The van der Waals surface area contributed by atoms with Crippen LogP contribution in [-0.4, -0.2) is 16.7 Å². The summed E-state index contributed by atoms with van der Waals surface area (Å²) in [6, 6.07) is 16.4. The molecule has 0 spiro atoms. The Labute approximate surface area is 165 Å². The highest BCUT2D eigenvalue weighted by molar-refractivity contribution is 6.12. The van der Waals surface area contributed by atoms with E-state index in [1.54, 1.807) is 36.4 Å². The van der Waals surface area contributed by atoms with E-state index in [1.807, 2.05) is 13.0 Å². The monoisotopic (exact) mass is 393 g/mol. The molecule has 0 aliphatic carbocycles. The molecule has 0 aliphatic rings. The lowest BCUT2D eigenvalue weighted by atomic mass is 10.1. The summed E-state index contributed by atoms with van der Waals surface area (Å²) in [4.78, 5) is 35.1.